The van der Waals surface area contributed by atoms with Gasteiger partial charge in [0, 0.05) is 23.4 Å². The summed E-state index contributed by atoms with van der Waals surface area (Å²) < 4.78 is 40.1. The first-order valence-electron chi connectivity index (χ1n) is 18.2. The van der Waals surface area contributed by atoms with Crippen molar-refractivity contribution in [3.8, 4) is 11.5 Å². The number of hydrogen-bond donors (Lipinski definition) is 1. The molecular weight excluding hydrogens is 744 g/mol. The maximum absolute atomic E-state index is 13.2. The van der Waals surface area contributed by atoms with Crippen LogP contribution in [-0.4, -0.2) is 53.4 Å². The number of aryl methyl sites for hydroxylation is 1. The Morgan fingerprint density at radius 2 is 1.61 bits per heavy atom. The molecule has 2 aliphatic heterocycles. The number of benzene rings is 3. The van der Waals surface area contributed by atoms with Crippen molar-refractivity contribution >= 4 is 28.9 Å². The summed E-state index contributed by atoms with van der Waals surface area (Å²) in [7, 11) is 3.27. The van der Waals surface area contributed by atoms with E-state index >= 15 is 0 Å². The van der Waals surface area contributed by atoms with Gasteiger partial charge in [-0.15, -0.1) is 0 Å². The molecule has 7 atom stereocenters. The van der Waals surface area contributed by atoms with Crippen LogP contribution in [0.3, 0.4) is 0 Å². The molecule has 0 radical (unpaired) electrons. The number of aromatic nitrogens is 2. The van der Waals surface area contributed by atoms with Crippen molar-refractivity contribution in [1.29, 1.82) is 0 Å². The predicted molar refractivity (Wildman–Crippen MR) is 215 cm³/mol. The van der Waals surface area contributed by atoms with Crippen molar-refractivity contribution < 1.29 is 28.0 Å². The van der Waals surface area contributed by atoms with Crippen LogP contribution in [0.5, 0.6) is 11.5 Å². The van der Waals surface area contributed by atoms with E-state index in [1.165, 1.54) is 16.3 Å². The van der Waals surface area contributed by atoms with Crippen molar-refractivity contribution in [2.45, 2.75) is 81.3 Å². The third-order valence-corrected chi connectivity index (χ3v) is 16.6. The molecule has 2 unspecified atom stereocenters. The van der Waals surface area contributed by atoms with Crippen LogP contribution in [-0.2, 0) is 35.9 Å². The fourth-order valence-electron chi connectivity index (χ4n) is 7.81. The van der Waals surface area contributed by atoms with Crippen LogP contribution in [0.4, 0.5) is 0 Å². The van der Waals surface area contributed by atoms with Gasteiger partial charge in [-0.05, 0) is 98.7 Å². The Balaban J connectivity index is 1.27. The largest absolute Gasteiger partial charge is 0.497 e. The molecule has 0 amide bonds. The summed E-state index contributed by atoms with van der Waals surface area (Å²) in [4.78, 5) is 27.9. The SMILES string of the molecule is C=C(C)[C@H]1CC[C@@]2(C)OP(=S)(O[C@H]3C[C@H](n4cc(C)c(=O)[nH]c4=O)O[C@@H]3COC(c3ccccc3)(c3ccc(OC)cc3)c3ccc(OC)cc3)SC2C1. The van der Waals surface area contributed by atoms with Gasteiger partial charge in [-0.3, -0.25) is 14.3 Å². The lowest BCUT2D eigenvalue weighted by Crippen LogP contribution is -2.40. The Labute approximate surface area is 325 Å². The van der Waals surface area contributed by atoms with Crippen molar-refractivity contribution in [1.82, 2.24) is 9.55 Å². The maximum atomic E-state index is 13.2. The number of nitrogens with zero attached hydrogens (tertiary/aromatic N) is 1. The highest BCUT2D eigenvalue weighted by atomic mass is 32.9. The Kier molecular flexibility index (Phi) is 11.2. The van der Waals surface area contributed by atoms with Gasteiger partial charge in [-0.25, -0.2) is 4.79 Å². The standard InChI is InChI=1S/C41H47N2O8PS2/c1-26(2)28-20-21-40(4)36(22-28)54-52(53,51-40)50-34-23-37(43-24-27(3)38(44)42-39(43)45)49-35(34)25-48-41(29-10-8-7-9-11-29,30-12-16-32(46-5)17-13-30)31-14-18-33(47-6)19-15-31/h7-19,24,28,34-37H,1,20-23,25H2,2-6H3,(H,42,44,45)/t28-,34-,35+,36?,37+,40+,52?/m0/s1. The summed E-state index contributed by atoms with van der Waals surface area (Å²) in [6, 6.07) is 25.7. The zero-order valence-electron chi connectivity index (χ0n) is 31.2. The van der Waals surface area contributed by atoms with Crippen molar-refractivity contribution in [2.24, 2.45) is 5.92 Å². The third-order valence-electron chi connectivity index (χ3n) is 11.0. The van der Waals surface area contributed by atoms with Crippen LogP contribution in [0, 0.1) is 12.8 Å². The number of ether oxygens (including phenoxy) is 4. The number of hydrogen-bond acceptors (Lipinski definition) is 10. The molecule has 3 heterocycles. The van der Waals surface area contributed by atoms with Gasteiger partial charge in [0.15, 0.2) is 0 Å². The number of rotatable bonds is 12. The van der Waals surface area contributed by atoms with Crippen molar-refractivity contribution in [3.05, 3.63) is 140 Å². The lowest BCUT2D eigenvalue weighted by atomic mass is 9.77. The topological polar surface area (TPSA) is 110 Å². The minimum Gasteiger partial charge on any atom is -0.497 e. The van der Waals surface area contributed by atoms with Gasteiger partial charge in [0.25, 0.3) is 5.56 Å². The first-order chi connectivity index (χ1) is 25.9. The summed E-state index contributed by atoms with van der Waals surface area (Å²) in [5, 5.41) is 0.173. The van der Waals surface area contributed by atoms with E-state index in [9.17, 15) is 9.59 Å². The second-order valence-corrected chi connectivity index (χ2v) is 20.8. The maximum Gasteiger partial charge on any atom is 0.330 e. The highest BCUT2D eigenvalue weighted by molar-refractivity contribution is 8.68. The van der Waals surface area contributed by atoms with Crippen LogP contribution in [0.25, 0.3) is 0 Å². The van der Waals surface area contributed by atoms with Crippen LogP contribution in [0.2, 0.25) is 0 Å². The fraction of sp³-hybridized carbons (Fsp3) is 0.415. The Morgan fingerprint density at radius 3 is 2.20 bits per heavy atom. The number of aromatic amines is 1. The van der Waals surface area contributed by atoms with E-state index in [1.54, 1.807) is 32.5 Å². The highest BCUT2D eigenvalue weighted by Crippen LogP contribution is 2.75. The molecule has 10 nitrogen and oxygen atoms in total. The van der Waals surface area contributed by atoms with E-state index in [1.807, 2.05) is 78.9 Å². The summed E-state index contributed by atoms with van der Waals surface area (Å²) in [6.07, 6.45) is 2.61. The molecule has 7 rings (SSSR count). The molecule has 54 heavy (non-hydrogen) atoms. The summed E-state index contributed by atoms with van der Waals surface area (Å²) in [5.41, 5.74) is -1.21. The van der Waals surface area contributed by atoms with Crippen molar-refractivity contribution in [2.75, 3.05) is 20.8 Å². The number of nitrogens with one attached hydrogen (secondary N) is 1. The minimum absolute atomic E-state index is 0.0592. The monoisotopic (exact) mass is 790 g/mol. The second-order valence-electron chi connectivity index (χ2n) is 14.6. The number of methoxy groups -OCH3 is 2. The van der Waals surface area contributed by atoms with E-state index in [-0.39, 0.29) is 11.9 Å². The molecule has 0 bridgehead atoms. The molecule has 3 aromatic carbocycles. The number of H-pyrrole nitrogens is 1. The van der Waals surface area contributed by atoms with Crippen LogP contribution in [0.15, 0.2) is 107 Å². The third kappa shape index (κ3) is 7.54. The number of fused-ring (bicyclic) bond motifs is 1. The molecule has 1 aliphatic carbocycles. The van der Waals surface area contributed by atoms with E-state index in [4.69, 9.17) is 39.8 Å². The van der Waals surface area contributed by atoms with Crippen LogP contribution in [0.1, 0.15) is 68.0 Å². The summed E-state index contributed by atoms with van der Waals surface area (Å²) in [5.74, 6) is 1.84. The quantitative estimate of drug-likeness (QED) is 0.0861. The van der Waals surface area contributed by atoms with E-state index < -0.39 is 46.6 Å². The molecule has 0 spiro atoms. The van der Waals surface area contributed by atoms with E-state index in [0.29, 0.717) is 29.4 Å². The first kappa shape index (κ1) is 38.8. The first-order valence-corrected chi connectivity index (χ1v) is 22.3. The highest BCUT2D eigenvalue weighted by Gasteiger charge is 2.55. The van der Waals surface area contributed by atoms with Crippen LogP contribution >= 0.6 is 17.1 Å². The molecule has 3 aliphatic rings. The Hall–Kier alpha value is -3.48. The Bertz CT molecular complexity index is 2090. The van der Waals surface area contributed by atoms with Gasteiger partial charge in [0.1, 0.15) is 29.4 Å². The molecular formula is C41H47N2O8PS2. The minimum atomic E-state index is -2.88. The molecule has 1 N–H and O–H groups in total. The lowest BCUT2D eigenvalue weighted by Gasteiger charge is -2.38. The smallest absolute Gasteiger partial charge is 0.330 e. The zero-order valence-corrected chi connectivity index (χ0v) is 33.7. The van der Waals surface area contributed by atoms with E-state index in [0.717, 1.165) is 36.0 Å². The van der Waals surface area contributed by atoms with Gasteiger partial charge in [-0.1, -0.05) is 78.1 Å². The fourth-order valence-corrected chi connectivity index (χ4v) is 15.1. The summed E-state index contributed by atoms with van der Waals surface area (Å²) >= 11 is 7.91. The van der Waals surface area contributed by atoms with Crippen LogP contribution < -0.4 is 20.7 Å². The van der Waals surface area contributed by atoms with Gasteiger partial charge < -0.3 is 28.0 Å². The summed E-state index contributed by atoms with van der Waals surface area (Å²) in [6.45, 7) is 10.2. The predicted octanol–water partition coefficient (Wildman–Crippen LogP) is 8.04. The second kappa shape index (κ2) is 15.6. The van der Waals surface area contributed by atoms with Gasteiger partial charge in [0.2, 0.25) is 5.69 Å². The Morgan fingerprint density at radius 1 is 1.00 bits per heavy atom. The average Bonchev–Trinajstić information content (AvgIpc) is 3.69. The number of allylic oxidation sites excluding steroid dienone is 1. The van der Waals surface area contributed by atoms with Gasteiger partial charge in [0.05, 0.1) is 32.5 Å². The molecule has 13 heteroatoms. The lowest BCUT2D eigenvalue weighted by molar-refractivity contribution is -0.0921. The molecule has 4 aromatic rings. The zero-order chi connectivity index (χ0) is 38.3. The van der Waals surface area contributed by atoms with Gasteiger partial charge >= 0.3 is 5.69 Å². The molecule has 286 valence electrons. The molecule has 1 aromatic heterocycles. The van der Waals surface area contributed by atoms with Crippen molar-refractivity contribution in [3.63, 3.8) is 0 Å². The molecule has 3 fully saturated rings. The molecule has 2 saturated heterocycles. The van der Waals surface area contributed by atoms with E-state index in [2.05, 4.69) is 25.4 Å². The molecule has 1 saturated carbocycles. The van der Waals surface area contributed by atoms with Gasteiger partial charge in [-0.2, -0.15) is 0 Å². The normalized spacial score (nSPS) is 28.1. The average molecular weight is 791 g/mol.